The van der Waals surface area contributed by atoms with Gasteiger partial charge in [0.2, 0.25) is 0 Å². The van der Waals surface area contributed by atoms with Crippen LogP contribution in [-0.4, -0.2) is 405 Å². The van der Waals surface area contributed by atoms with E-state index in [2.05, 4.69) is 62.1 Å². The fourth-order valence-corrected chi connectivity index (χ4v) is 18.4. The Labute approximate surface area is 862 Å². The summed E-state index contributed by atoms with van der Waals surface area (Å²) in [6, 6.07) is 0. The predicted octanol–water partition coefficient (Wildman–Crippen LogP) is 14.5. The second kappa shape index (κ2) is 130. The van der Waals surface area contributed by atoms with Crippen LogP contribution < -0.4 is 0 Å². The quantitative estimate of drug-likeness (QED) is 0.0116. The number of carbonyl (C=O) groups is 14. The fourth-order valence-electron chi connectivity index (χ4n) is 5.93. The Balaban J connectivity index is -0.000000110. The number of rotatable bonds is 72. The molecular formula is C80H152O39S16. The summed E-state index contributed by atoms with van der Waals surface area (Å²) in [5, 5.41) is 181. The molecule has 0 aliphatic heterocycles. The minimum Gasteiger partial charge on any atom is -0.481 e. The van der Waals surface area contributed by atoms with E-state index in [9.17, 15) is 67.1 Å². The third kappa shape index (κ3) is 173. The molecule has 7 atom stereocenters. The molecule has 7 unspecified atom stereocenters. The number of aliphatic hydroxyl groups is 5. The molecule has 0 aromatic carbocycles. The number of thioether (sulfide) groups is 16. The van der Waals surface area contributed by atoms with E-state index in [0.717, 1.165) is 144 Å². The van der Waals surface area contributed by atoms with Crippen LogP contribution in [0, 0.1) is 0 Å². The molecule has 0 bridgehead atoms. The lowest BCUT2D eigenvalue weighted by atomic mass is 10.3. The molecule has 0 spiro atoms. The molecule has 0 saturated heterocycles. The van der Waals surface area contributed by atoms with Gasteiger partial charge in [0.25, 0.3) is 0 Å². The summed E-state index contributed by atoms with van der Waals surface area (Å²) in [6.45, 7) is 29.6. The summed E-state index contributed by atoms with van der Waals surface area (Å²) in [4.78, 5) is 153. The van der Waals surface area contributed by atoms with Crippen LogP contribution in [0.1, 0.15) is 159 Å². The Morgan fingerprint density at radius 3 is 0.978 bits per heavy atom. The number of aliphatic carboxylic acids is 14. The van der Waals surface area contributed by atoms with E-state index >= 15 is 0 Å². The molecule has 0 rings (SSSR count). The van der Waals surface area contributed by atoms with Gasteiger partial charge in [-0.15, -0.1) is 58.8 Å². The number of carboxylic acids is 14. The standard InChI is InChI=1S/C10H14O8S2.C9H20O4S2.C8H14O4S.2C7H14O2S.C6H10O4S.C6H12O2S.C6H14OS2.2C5H10O2S.C4H6O4S.C4H8O2S.C3H6O2S/c1-5(18-17)8(10(15)16)20-3-2-19-6(9(13)14)4-7(11)12;10-4-8(12)6-14-2-1-3-15-7-9(13)5-11;1-2-3-4-13-6(8(11)12)5-7(9)10;1-3-4-5-10-6(2)7(8)9;1-2-3-5-10-6-4-7(8)9;1-5(10-9)4-11-3-2-6(7)8;1-2-3-4-9-5-6(7)8;1-2-8-5-6-9-4-3-7;1-3-8-4(2)5(6)7;1-2-8-4-3-5(6)7;1-3(8-7)9-2-4(5)6;1-2-7-3-4(5)6;1-6-2-3(4)5/h6,8,17H,1-4H2,(H,11,12)(H,13,14)(H,15,16);8-13H,1-7H2;6H,2-5H2,1H3,(H,9,10)(H,11,12);6H,3-5H2,1-2H3,(H,8,9);2-6H2,1H3,(H,8,9);9H,1-4H2,(H,7,8);2-5H2,1H3,(H,7,8);7H,2-6H2,1H3;4H,3H2,1-2H3,(H,6,7);2-4H2,1H3,(H,6,7);7H,1-2H2,(H,5,6);2-3H2,1H3,(H,5,6);2H2,1H3,(H,4,5). The highest BCUT2D eigenvalue weighted by atomic mass is 32.2. The van der Waals surface area contributed by atoms with E-state index in [-0.39, 0.29) is 87.7 Å². The highest BCUT2D eigenvalue weighted by molar-refractivity contribution is 8.05. The molecule has 0 aliphatic carbocycles. The molecule has 55 heteroatoms. The third-order valence-electron chi connectivity index (χ3n) is 12.5. The Kier molecular flexibility index (Phi) is 154. The van der Waals surface area contributed by atoms with E-state index in [0.29, 0.717) is 48.2 Å². The minimum atomic E-state index is -1.25. The number of hydrogen-bond acceptors (Lipinski definition) is 41. The van der Waals surface area contributed by atoms with Crippen LogP contribution in [0.15, 0.2) is 36.3 Å². The van der Waals surface area contributed by atoms with Crippen LogP contribution in [0.2, 0.25) is 0 Å². The molecule has 0 radical (unpaired) electrons. The van der Waals surface area contributed by atoms with Gasteiger partial charge in [0.1, 0.15) is 16.3 Å². The number of unbranched alkanes of at least 4 members (excludes halogenated alkanes) is 4. The van der Waals surface area contributed by atoms with Gasteiger partial charge in [0, 0.05) is 57.5 Å². The van der Waals surface area contributed by atoms with E-state index in [1.165, 1.54) is 112 Å². The van der Waals surface area contributed by atoms with Gasteiger partial charge in [0.05, 0.1) is 103 Å². The lowest BCUT2D eigenvalue weighted by Gasteiger charge is -2.13. The van der Waals surface area contributed by atoms with Gasteiger partial charge < -0.3 is 112 Å². The maximum Gasteiger partial charge on any atom is 0.324 e. The van der Waals surface area contributed by atoms with Gasteiger partial charge in [0.15, 0.2) is 16.1 Å². The average molecular weight is 2250 g/mol. The first-order valence-corrected chi connectivity index (χ1v) is 59.2. The van der Waals surface area contributed by atoms with E-state index in [4.69, 9.17) is 113 Å². The largest absolute Gasteiger partial charge is 0.481 e. The van der Waals surface area contributed by atoms with Crippen molar-refractivity contribution in [1.82, 2.24) is 0 Å². The van der Waals surface area contributed by atoms with Crippen LogP contribution in [-0.2, 0) is 81.8 Å². The molecule has 135 heavy (non-hydrogen) atoms. The summed E-state index contributed by atoms with van der Waals surface area (Å²) < 4.78 is 0. The molecule has 0 amide bonds. The van der Waals surface area contributed by atoms with Crippen molar-refractivity contribution in [2.24, 2.45) is 0 Å². The number of aliphatic hydroxyl groups excluding tert-OH is 5. The van der Waals surface area contributed by atoms with Gasteiger partial charge in [-0.3, -0.25) is 67.1 Å². The van der Waals surface area contributed by atoms with E-state index < -0.39 is 118 Å². The molecular weight excluding hydrogens is 2100 g/mol. The highest BCUT2D eigenvalue weighted by Crippen LogP contribution is 2.24. The lowest BCUT2D eigenvalue weighted by molar-refractivity contribution is -0.205. The van der Waals surface area contributed by atoms with Crippen molar-refractivity contribution in [1.29, 1.82) is 0 Å². The zero-order valence-corrected chi connectivity index (χ0v) is 91.7. The topological polar surface area (TPSA) is 712 Å². The molecule has 0 saturated carbocycles. The van der Waals surface area contributed by atoms with Crippen molar-refractivity contribution in [3.63, 3.8) is 0 Å². The molecule has 802 valence electrons. The Hall–Kier alpha value is -3.52. The molecule has 0 heterocycles. The zero-order valence-electron chi connectivity index (χ0n) is 78.7. The van der Waals surface area contributed by atoms with Crippen molar-refractivity contribution in [3.8, 4) is 0 Å². The first-order chi connectivity index (χ1) is 63.5. The van der Waals surface area contributed by atoms with Gasteiger partial charge in [-0.05, 0) is 116 Å². The van der Waals surface area contributed by atoms with Crippen molar-refractivity contribution >= 4 is 272 Å². The first-order valence-electron chi connectivity index (χ1n) is 41.2. The SMILES string of the molecule is C=C(CSCCC(=O)O)OO.C=C(OO)C(SCCSC(CC(=O)O)C(=O)O)C(=O)O.C=C(OO)SCC(=O)O.CCCCSC(C)C(=O)O.CCCCSC(CC(=O)O)C(=O)O.CCCCSCC(=O)O.CCCCSCCC(=O)O.CCSC(C)C(=O)O.CCSCC(=O)O.CCSCCC(=O)O.CCSCCSCCO.CSCC(=O)O.OCC(O)CSCCCSCC(O)CO. The molecule has 0 fully saturated rings. The van der Waals surface area contributed by atoms with Crippen molar-refractivity contribution in [3.05, 3.63) is 36.3 Å². The lowest BCUT2D eigenvalue weighted by Crippen LogP contribution is -2.22. The zero-order chi connectivity index (χ0) is 107. The normalized spacial score (nSPS) is 11.3. The average Bonchev–Trinajstić information content (AvgIpc) is 0.924. The Morgan fingerprint density at radius 2 is 0.659 bits per heavy atom. The monoisotopic (exact) mass is 2250 g/mol. The van der Waals surface area contributed by atoms with Gasteiger partial charge in [-0.2, -0.15) is 118 Å². The molecule has 22 N–H and O–H groups in total. The van der Waals surface area contributed by atoms with Crippen molar-refractivity contribution in [2.45, 2.75) is 198 Å². The second-order valence-corrected chi connectivity index (χ2v) is 44.3. The molecule has 0 aromatic heterocycles. The van der Waals surface area contributed by atoms with Crippen LogP contribution in [0.3, 0.4) is 0 Å². The number of carboxylic acid groups (broad SMARTS) is 14. The summed E-state index contributed by atoms with van der Waals surface area (Å²) in [5.74, 6) is 4.73. The minimum absolute atomic E-state index is 0.0163. The van der Waals surface area contributed by atoms with E-state index in [1.807, 2.05) is 51.2 Å². The summed E-state index contributed by atoms with van der Waals surface area (Å²) in [6.07, 6.45) is 10.3. The summed E-state index contributed by atoms with van der Waals surface area (Å²) >= 11 is 22.7. The molecule has 0 aliphatic rings. The van der Waals surface area contributed by atoms with Crippen molar-refractivity contribution < 1.29 is 195 Å². The first kappa shape index (κ1) is 159. The van der Waals surface area contributed by atoms with Crippen LogP contribution in [0.5, 0.6) is 0 Å². The molecule has 0 aromatic rings. The van der Waals surface area contributed by atoms with Gasteiger partial charge >= 0.3 is 83.6 Å². The van der Waals surface area contributed by atoms with E-state index in [1.54, 1.807) is 67.2 Å². The van der Waals surface area contributed by atoms with Crippen LogP contribution >= 0.6 is 188 Å². The van der Waals surface area contributed by atoms with Gasteiger partial charge in [-0.1, -0.05) is 106 Å². The van der Waals surface area contributed by atoms with Crippen molar-refractivity contribution in [2.75, 3.05) is 170 Å². The van der Waals surface area contributed by atoms with Crippen LogP contribution in [0.4, 0.5) is 0 Å². The highest BCUT2D eigenvalue weighted by Gasteiger charge is 2.26. The van der Waals surface area contributed by atoms with Gasteiger partial charge in [-0.25, -0.2) is 15.8 Å². The smallest absolute Gasteiger partial charge is 0.324 e. The maximum atomic E-state index is 10.8. The Bertz CT molecular complexity index is 2860. The number of hydrogen-bond donors (Lipinski definition) is 22. The molecule has 39 nitrogen and oxygen atoms in total. The second-order valence-electron chi connectivity index (χ2n) is 24.5. The summed E-state index contributed by atoms with van der Waals surface area (Å²) in [7, 11) is 0. The Morgan fingerprint density at radius 1 is 0.311 bits per heavy atom. The summed E-state index contributed by atoms with van der Waals surface area (Å²) in [5.41, 5.74) is 0. The predicted molar refractivity (Wildman–Crippen MR) is 568 cm³/mol. The van der Waals surface area contributed by atoms with Crippen LogP contribution in [0.25, 0.3) is 0 Å². The fraction of sp³-hybridized carbons (Fsp3) is 0.750. The maximum absolute atomic E-state index is 10.8. The third-order valence-corrected chi connectivity index (χ3v) is 29.4.